The van der Waals surface area contributed by atoms with Crippen molar-refractivity contribution >= 4 is 32.3 Å². The van der Waals surface area contributed by atoms with Crippen LogP contribution in [-0.4, -0.2) is 0 Å². The van der Waals surface area contributed by atoms with E-state index in [0.29, 0.717) is 0 Å². The smallest absolute Gasteiger partial charge is 0.00139 e. The maximum Gasteiger partial charge on any atom is -0.00139 e. The molecule has 0 heteroatoms. The molecule has 5 rings (SSSR count). The summed E-state index contributed by atoms with van der Waals surface area (Å²) in [7, 11) is 0. The molecule has 0 spiro atoms. The Labute approximate surface area is 141 Å². The zero-order valence-electron chi connectivity index (χ0n) is 13.2. The summed E-state index contributed by atoms with van der Waals surface area (Å²) in [6.07, 6.45) is 0. The van der Waals surface area contributed by atoms with E-state index in [9.17, 15) is 0 Å². The quantitative estimate of drug-likeness (QED) is 0.305. The van der Waals surface area contributed by atoms with Gasteiger partial charge in [0.05, 0.1) is 0 Å². The Balaban J connectivity index is 1.94. The molecule has 0 aliphatic heterocycles. The average Bonchev–Trinajstić information content (AvgIpc) is 2.65. The lowest BCUT2D eigenvalue weighted by atomic mass is 9.91. The van der Waals surface area contributed by atoms with Gasteiger partial charge in [0.15, 0.2) is 0 Å². The Hall–Kier alpha value is -3.12. The molecule has 0 aliphatic rings. The molecule has 0 atom stereocenters. The first-order chi connectivity index (χ1) is 11.9. The second-order valence-electron chi connectivity index (χ2n) is 6.15. The molecule has 0 amide bonds. The van der Waals surface area contributed by atoms with Crippen LogP contribution in [0.5, 0.6) is 0 Å². The van der Waals surface area contributed by atoms with Crippen molar-refractivity contribution in [2.75, 3.05) is 0 Å². The fourth-order valence-corrected chi connectivity index (χ4v) is 3.57. The first kappa shape index (κ1) is 13.3. The summed E-state index contributed by atoms with van der Waals surface area (Å²) in [5.74, 6) is 0. The molecule has 0 unspecified atom stereocenters. The van der Waals surface area contributed by atoms with E-state index in [1.807, 2.05) is 0 Å². The fraction of sp³-hybridized carbons (Fsp3) is 0. The molecule has 0 N–H and O–H groups in total. The van der Waals surface area contributed by atoms with Gasteiger partial charge in [-0.1, -0.05) is 84.9 Å². The number of hydrogen-bond acceptors (Lipinski definition) is 0. The van der Waals surface area contributed by atoms with E-state index in [4.69, 9.17) is 0 Å². The van der Waals surface area contributed by atoms with Gasteiger partial charge in [0.25, 0.3) is 0 Å². The molecule has 24 heavy (non-hydrogen) atoms. The Kier molecular flexibility index (Phi) is 2.89. The van der Waals surface area contributed by atoms with Crippen molar-refractivity contribution in [3.63, 3.8) is 0 Å². The predicted molar refractivity (Wildman–Crippen MR) is 103 cm³/mol. The summed E-state index contributed by atoms with van der Waals surface area (Å²) < 4.78 is 0. The van der Waals surface area contributed by atoms with Crippen molar-refractivity contribution in [2.45, 2.75) is 0 Å². The van der Waals surface area contributed by atoms with Crippen molar-refractivity contribution in [3.8, 4) is 11.1 Å². The summed E-state index contributed by atoms with van der Waals surface area (Å²) in [5.41, 5.74) is 2.43. The van der Waals surface area contributed by atoms with Crippen molar-refractivity contribution in [1.29, 1.82) is 0 Å². The molecule has 5 aromatic rings. The van der Waals surface area contributed by atoms with Gasteiger partial charge < -0.3 is 0 Å². The topological polar surface area (TPSA) is 0 Å². The normalized spacial score (nSPS) is 11.3. The van der Waals surface area contributed by atoms with Gasteiger partial charge in [-0.25, -0.2) is 0 Å². The van der Waals surface area contributed by atoms with Crippen LogP contribution in [0.3, 0.4) is 0 Å². The van der Waals surface area contributed by atoms with Gasteiger partial charge in [0.1, 0.15) is 0 Å². The van der Waals surface area contributed by atoms with E-state index in [2.05, 4.69) is 97.1 Å². The van der Waals surface area contributed by atoms with E-state index in [1.54, 1.807) is 0 Å². The van der Waals surface area contributed by atoms with Crippen LogP contribution in [0.1, 0.15) is 0 Å². The predicted octanol–water partition coefficient (Wildman–Crippen LogP) is 6.61. The van der Waals surface area contributed by atoms with Crippen LogP contribution < -0.4 is 0 Å². The minimum atomic E-state index is 1.15. The zero-order valence-corrected chi connectivity index (χ0v) is 13.2. The molecular weight excluding hydrogens is 288 g/mol. The van der Waals surface area contributed by atoms with Gasteiger partial charge in [0, 0.05) is 0 Å². The lowest BCUT2D eigenvalue weighted by Gasteiger charge is -2.12. The first-order valence-corrected chi connectivity index (χ1v) is 8.22. The van der Waals surface area contributed by atoms with Crippen LogP contribution >= 0.6 is 0 Å². The van der Waals surface area contributed by atoms with Gasteiger partial charge in [-0.15, -0.1) is 0 Å². The summed E-state index contributed by atoms with van der Waals surface area (Å²) >= 11 is 0. The Morgan fingerprint density at radius 3 is 1.79 bits per heavy atom. The molecule has 0 heterocycles. The minimum absolute atomic E-state index is 1.15. The number of rotatable bonds is 1. The maximum atomic E-state index is 3.63. The van der Waals surface area contributed by atoms with E-state index in [-0.39, 0.29) is 0 Å². The molecule has 0 fully saturated rings. The second kappa shape index (κ2) is 5.21. The van der Waals surface area contributed by atoms with Crippen LogP contribution in [0.15, 0.2) is 91.0 Å². The van der Waals surface area contributed by atoms with Gasteiger partial charge >= 0.3 is 0 Å². The third kappa shape index (κ3) is 2.00. The molecular formula is C24H15. The van der Waals surface area contributed by atoms with Gasteiger partial charge in [-0.2, -0.15) is 0 Å². The summed E-state index contributed by atoms with van der Waals surface area (Å²) in [6.45, 7) is 0. The molecule has 111 valence electrons. The van der Waals surface area contributed by atoms with Crippen LogP contribution in [0.25, 0.3) is 43.4 Å². The largest absolute Gasteiger partial charge is 0.0616 e. The monoisotopic (exact) mass is 303 g/mol. The summed E-state index contributed by atoms with van der Waals surface area (Å²) in [4.78, 5) is 0. The highest BCUT2D eigenvalue weighted by Gasteiger charge is 2.10. The average molecular weight is 303 g/mol. The van der Waals surface area contributed by atoms with E-state index >= 15 is 0 Å². The number of fused-ring (bicyclic) bond motifs is 3. The van der Waals surface area contributed by atoms with Gasteiger partial charge in [0.2, 0.25) is 0 Å². The fourth-order valence-electron chi connectivity index (χ4n) is 3.57. The van der Waals surface area contributed by atoms with Crippen LogP contribution in [-0.2, 0) is 0 Å². The summed E-state index contributed by atoms with van der Waals surface area (Å²) in [6, 6.07) is 35.9. The van der Waals surface area contributed by atoms with Crippen molar-refractivity contribution in [2.24, 2.45) is 0 Å². The van der Waals surface area contributed by atoms with Gasteiger partial charge in [-0.05, 0) is 55.6 Å². The van der Waals surface area contributed by atoms with E-state index in [0.717, 1.165) is 10.9 Å². The molecule has 0 nitrogen and oxygen atoms in total. The standard InChI is InChI=1S/C24H15/c1-2-8-18-15-21(14-13-17(18)7-1)24-22-11-5-3-9-19(22)16-20-10-4-6-12-23(20)24/h1-14,16H. The molecule has 0 bridgehead atoms. The van der Waals surface area contributed by atoms with E-state index in [1.165, 1.54) is 32.5 Å². The Morgan fingerprint density at radius 2 is 1.08 bits per heavy atom. The Morgan fingerprint density at radius 1 is 0.500 bits per heavy atom. The molecule has 0 aromatic heterocycles. The molecule has 0 saturated carbocycles. The first-order valence-electron chi connectivity index (χ1n) is 8.22. The zero-order chi connectivity index (χ0) is 15.9. The Bertz CT molecular complexity index is 1140. The third-order valence-corrected chi connectivity index (χ3v) is 4.70. The van der Waals surface area contributed by atoms with Crippen molar-refractivity contribution < 1.29 is 0 Å². The molecule has 1 radical (unpaired) electrons. The lowest BCUT2D eigenvalue weighted by molar-refractivity contribution is 1.69. The molecule has 0 saturated heterocycles. The minimum Gasteiger partial charge on any atom is -0.0616 e. The summed E-state index contributed by atoms with van der Waals surface area (Å²) in [5, 5.41) is 7.49. The third-order valence-electron chi connectivity index (χ3n) is 4.70. The molecule has 0 aliphatic carbocycles. The van der Waals surface area contributed by atoms with Crippen LogP contribution in [0.4, 0.5) is 0 Å². The molecule has 5 aromatic carbocycles. The van der Waals surface area contributed by atoms with Crippen LogP contribution in [0.2, 0.25) is 0 Å². The van der Waals surface area contributed by atoms with Crippen molar-refractivity contribution in [3.05, 3.63) is 97.1 Å². The number of hydrogen-bond donors (Lipinski definition) is 0. The highest BCUT2D eigenvalue weighted by molar-refractivity contribution is 6.13. The van der Waals surface area contributed by atoms with E-state index < -0.39 is 0 Å². The highest BCUT2D eigenvalue weighted by Crippen LogP contribution is 2.37. The lowest BCUT2D eigenvalue weighted by Crippen LogP contribution is -1.86. The van der Waals surface area contributed by atoms with Crippen LogP contribution in [0, 0.1) is 6.07 Å². The highest BCUT2D eigenvalue weighted by atomic mass is 14.1. The van der Waals surface area contributed by atoms with Crippen molar-refractivity contribution in [1.82, 2.24) is 0 Å². The maximum absolute atomic E-state index is 3.63. The van der Waals surface area contributed by atoms with Gasteiger partial charge in [-0.3, -0.25) is 0 Å². The second-order valence-corrected chi connectivity index (χ2v) is 6.15. The number of benzene rings is 5. The SMILES string of the molecule is [c]1c(-c2c3ccccc3cc3ccccc23)ccc2ccccc12.